The van der Waals surface area contributed by atoms with Crippen LogP contribution in [0.5, 0.6) is 5.75 Å². The molecule has 1 saturated carbocycles. The minimum Gasteiger partial charge on any atom is -0.505 e. The zero-order chi connectivity index (χ0) is 19.5. The number of benzene rings is 1. The van der Waals surface area contributed by atoms with Gasteiger partial charge < -0.3 is 15.7 Å². The number of halogens is 2. The van der Waals surface area contributed by atoms with E-state index in [1.807, 2.05) is 18.2 Å². The summed E-state index contributed by atoms with van der Waals surface area (Å²) in [6.45, 7) is 0. The Hall–Kier alpha value is -2.57. The summed E-state index contributed by atoms with van der Waals surface area (Å²) in [5.41, 5.74) is 2.27. The maximum Gasteiger partial charge on any atom is 0.225 e. The molecule has 1 aliphatic rings. The molecule has 0 amide bonds. The zero-order valence-corrected chi connectivity index (χ0v) is 16.5. The molecule has 0 unspecified atom stereocenters. The lowest BCUT2D eigenvalue weighted by molar-refractivity contribution is 0.476. The summed E-state index contributed by atoms with van der Waals surface area (Å²) in [4.78, 5) is 13.4. The van der Waals surface area contributed by atoms with E-state index in [-0.39, 0.29) is 15.8 Å². The third-order valence-electron chi connectivity index (χ3n) is 4.66. The van der Waals surface area contributed by atoms with Gasteiger partial charge in [0.1, 0.15) is 5.82 Å². The Labute approximate surface area is 173 Å². The van der Waals surface area contributed by atoms with Gasteiger partial charge in [-0.05, 0) is 37.1 Å². The Morgan fingerprint density at radius 1 is 1.04 bits per heavy atom. The molecule has 0 radical (unpaired) electrons. The van der Waals surface area contributed by atoms with Gasteiger partial charge in [0.25, 0.3) is 0 Å². The third-order valence-corrected chi connectivity index (χ3v) is 5.24. The van der Waals surface area contributed by atoms with E-state index in [2.05, 4.69) is 25.6 Å². The molecule has 1 aliphatic carbocycles. The average molecular weight is 416 g/mol. The van der Waals surface area contributed by atoms with Gasteiger partial charge in [0.05, 0.1) is 15.7 Å². The second-order valence-electron chi connectivity index (χ2n) is 6.74. The minimum absolute atomic E-state index is 0.142. The van der Waals surface area contributed by atoms with Crippen LogP contribution in [-0.4, -0.2) is 26.1 Å². The molecule has 3 aromatic rings. The predicted octanol–water partition coefficient (Wildman–Crippen LogP) is 5.65. The molecule has 1 fully saturated rings. The highest BCUT2D eigenvalue weighted by Crippen LogP contribution is 2.36. The van der Waals surface area contributed by atoms with Gasteiger partial charge in [-0.2, -0.15) is 4.98 Å². The lowest BCUT2D eigenvalue weighted by Gasteiger charge is -2.15. The van der Waals surface area contributed by atoms with Crippen LogP contribution >= 0.6 is 23.2 Å². The van der Waals surface area contributed by atoms with Crippen LogP contribution in [0.4, 0.5) is 17.5 Å². The molecule has 0 atom stereocenters. The summed E-state index contributed by atoms with van der Waals surface area (Å²) < 4.78 is 0. The number of phenols is 1. The van der Waals surface area contributed by atoms with Crippen molar-refractivity contribution in [1.82, 2.24) is 15.0 Å². The normalized spacial score (nSPS) is 14.2. The fourth-order valence-electron chi connectivity index (χ4n) is 3.28. The zero-order valence-electron chi connectivity index (χ0n) is 15.0. The van der Waals surface area contributed by atoms with E-state index in [4.69, 9.17) is 23.2 Å². The highest BCUT2D eigenvalue weighted by Gasteiger charge is 2.17. The molecule has 0 spiro atoms. The number of hydrogen-bond donors (Lipinski definition) is 3. The quantitative estimate of drug-likeness (QED) is 0.467. The topological polar surface area (TPSA) is 83.0 Å². The highest BCUT2D eigenvalue weighted by molar-refractivity contribution is 6.37. The molecular formula is C20H19Cl2N5O. The number of nitrogens with zero attached hydrogens (tertiary/aromatic N) is 3. The van der Waals surface area contributed by atoms with Crippen LogP contribution in [-0.2, 0) is 0 Å². The third kappa shape index (κ3) is 4.29. The first-order valence-electron chi connectivity index (χ1n) is 9.09. The fraction of sp³-hybridized carbons (Fsp3) is 0.250. The van der Waals surface area contributed by atoms with Crippen LogP contribution in [0.15, 0.2) is 42.7 Å². The van der Waals surface area contributed by atoms with Crippen molar-refractivity contribution in [1.29, 1.82) is 0 Å². The summed E-state index contributed by atoms with van der Waals surface area (Å²) in [5.74, 6) is 1.01. The fourth-order valence-corrected chi connectivity index (χ4v) is 3.76. The first-order chi connectivity index (χ1) is 13.6. The predicted molar refractivity (Wildman–Crippen MR) is 113 cm³/mol. The van der Waals surface area contributed by atoms with Gasteiger partial charge in [-0.15, -0.1) is 0 Å². The summed E-state index contributed by atoms with van der Waals surface area (Å²) in [6, 6.07) is 9.23. The molecule has 8 heteroatoms. The molecule has 1 aromatic carbocycles. The number of aromatic hydroxyl groups is 1. The van der Waals surface area contributed by atoms with Crippen molar-refractivity contribution in [2.75, 3.05) is 10.6 Å². The molecule has 0 saturated heterocycles. The molecule has 0 bridgehead atoms. The Bertz CT molecular complexity index is 955. The van der Waals surface area contributed by atoms with Gasteiger partial charge in [0, 0.05) is 35.8 Å². The Morgan fingerprint density at radius 3 is 2.46 bits per heavy atom. The van der Waals surface area contributed by atoms with Crippen LogP contribution < -0.4 is 10.6 Å². The monoisotopic (exact) mass is 415 g/mol. The second kappa shape index (κ2) is 8.20. The maximum absolute atomic E-state index is 9.76. The summed E-state index contributed by atoms with van der Waals surface area (Å²) in [5, 5.41) is 16.7. The number of anilines is 3. The maximum atomic E-state index is 9.76. The van der Waals surface area contributed by atoms with Crippen molar-refractivity contribution in [2.45, 2.75) is 31.7 Å². The highest BCUT2D eigenvalue weighted by atomic mass is 35.5. The van der Waals surface area contributed by atoms with Crippen molar-refractivity contribution in [3.63, 3.8) is 0 Å². The summed E-state index contributed by atoms with van der Waals surface area (Å²) in [6.07, 6.45) is 8.16. The van der Waals surface area contributed by atoms with Crippen LogP contribution in [0.1, 0.15) is 25.7 Å². The first-order valence-corrected chi connectivity index (χ1v) is 9.85. The van der Waals surface area contributed by atoms with Crippen LogP contribution in [0.2, 0.25) is 10.0 Å². The Kier molecular flexibility index (Phi) is 5.50. The molecular weight excluding hydrogens is 397 g/mol. The van der Waals surface area contributed by atoms with Crippen molar-refractivity contribution in [3.8, 4) is 17.0 Å². The summed E-state index contributed by atoms with van der Waals surface area (Å²) >= 11 is 12.1. The van der Waals surface area contributed by atoms with Gasteiger partial charge >= 0.3 is 0 Å². The van der Waals surface area contributed by atoms with Gasteiger partial charge in [-0.3, -0.25) is 4.98 Å². The number of pyridine rings is 1. The van der Waals surface area contributed by atoms with Crippen LogP contribution in [0.25, 0.3) is 11.3 Å². The van der Waals surface area contributed by atoms with Gasteiger partial charge in [0.2, 0.25) is 5.95 Å². The molecule has 2 aromatic heterocycles. The number of nitrogens with one attached hydrogen (secondary N) is 2. The van der Waals surface area contributed by atoms with Crippen LogP contribution in [0, 0.1) is 0 Å². The molecule has 4 rings (SSSR count). The van der Waals surface area contributed by atoms with Crippen molar-refractivity contribution < 1.29 is 5.11 Å². The van der Waals surface area contributed by atoms with E-state index in [1.54, 1.807) is 24.5 Å². The van der Waals surface area contributed by atoms with Crippen molar-refractivity contribution >= 4 is 40.7 Å². The van der Waals surface area contributed by atoms with Crippen molar-refractivity contribution in [2.24, 2.45) is 0 Å². The summed E-state index contributed by atoms with van der Waals surface area (Å²) in [7, 11) is 0. The smallest absolute Gasteiger partial charge is 0.225 e. The number of rotatable bonds is 5. The van der Waals surface area contributed by atoms with Gasteiger partial charge in [-0.25, -0.2) is 4.98 Å². The lowest BCUT2D eigenvalue weighted by atomic mass is 10.2. The number of phenolic OH excluding ortho intramolecular Hbond substituents is 1. The number of hydrogen-bond acceptors (Lipinski definition) is 6. The van der Waals surface area contributed by atoms with E-state index in [1.165, 1.54) is 12.8 Å². The molecule has 28 heavy (non-hydrogen) atoms. The lowest BCUT2D eigenvalue weighted by Crippen LogP contribution is -2.17. The van der Waals surface area contributed by atoms with E-state index in [9.17, 15) is 5.11 Å². The van der Waals surface area contributed by atoms with Gasteiger partial charge in [0.15, 0.2) is 5.75 Å². The largest absolute Gasteiger partial charge is 0.505 e. The van der Waals surface area contributed by atoms with Gasteiger partial charge in [-0.1, -0.05) is 36.0 Å². The molecule has 0 aliphatic heterocycles. The standard InChI is InChI=1S/C20H19Cl2N5O/c21-15-8-14(9-16(22)19(15)28)24-18-10-17(12-4-3-7-23-11-12)26-20(27-18)25-13-5-1-2-6-13/h3-4,7-11,13,28H,1-2,5-6H2,(H2,24,25,26,27). The Balaban J connectivity index is 1.68. The SMILES string of the molecule is Oc1c(Cl)cc(Nc2cc(-c3cccnc3)nc(NC3CCCC3)n2)cc1Cl. The Morgan fingerprint density at radius 2 is 1.79 bits per heavy atom. The van der Waals surface area contributed by atoms with Crippen LogP contribution in [0.3, 0.4) is 0 Å². The molecule has 3 N–H and O–H groups in total. The molecule has 6 nitrogen and oxygen atoms in total. The molecule has 144 valence electrons. The van der Waals surface area contributed by atoms with E-state index >= 15 is 0 Å². The average Bonchev–Trinajstić information content (AvgIpc) is 3.19. The minimum atomic E-state index is -0.142. The molecule has 2 heterocycles. The van der Waals surface area contributed by atoms with Crippen molar-refractivity contribution in [3.05, 3.63) is 52.8 Å². The first kappa shape index (κ1) is 18.8. The number of aromatic nitrogens is 3. The second-order valence-corrected chi connectivity index (χ2v) is 7.56. The van der Waals surface area contributed by atoms with E-state index in [0.29, 0.717) is 23.5 Å². The van der Waals surface area contributed by atoms with E-state index < -0.39 is 0 Å². The van der Waals surface area contributed by atoms with E-state index in [0.717, 1.165) is 24.1 Å².